The molecular weight excluding hydrogens is 380 g/mol. The Kier molecular flexibility index (Phi) is 5.65. The zero-order valence-corrected chi connectivity index (χ0v) is 17.3. The Morgan fingerprint density at radius 2 is 1.97 bits per heavy atom. The summed E-state index contributed by atoms with van der Waals surface area (Å²) in [7, 11) is 0. The number of hydrogen-bond acceptors (Lipinski definition) is 4. The third-order valence-corrected chi connectivity index (χ3v) is 5.37. The molecular formula is C22H26N6O2. The first-order valence-electron chi connectivity index (χ1n) is 10.2. The number of aryl methyl sites for hydroxylation is 2. The average Bonchev–Trinajstić information content (AvgIpc) is 3.37. The number of piperidine rings is 1. The Morgan fingerprint density at radius 1 is 1.17 bits per heavy atom. The van der Waals surface area contributed by atoms with Crippen LogP contribution in [0.2, 0.25) is 0 Å². The molecule has 2 amide bonds. The second kappa shape index (κ2) is 8.52. The van der Waals surface area contributed by atoms with E-state index in [4.69, 9.17) is 0 Å². The molecule has 1 saturated heterocycles. The summed E-state index contributed by atoms with van der Waals surface area (Å²) in [5.74, 6) is -0.235. The maximum absolute atomic E-state index is 13.0. The fourth-order valence-electron chi connectivity index (χ4n) is 3.93. The number of anilines is 1. The van der Waals surface area contributed by atoms with Gasteiger partial charge in [0.05, 0.1) is 11.4 Å². The monoisotopic (exact) mass is 406 g/mol. The van der Waals surface area contributed by atoms with E-state index in [2.05, 4.69) is 15.5 Å². The molecule has 1 atom stereocenters. The minimum absolute atomic E-state index is 0.0848. The number of aromatic nitrogens is 4. The standard InChI is InChI=1S/C22H26N6O2/c1-16-14-17(2)28(25-16)19-9-7-18(8-10-19)24-22(30)20-6-3-4-13-27(20)21(29)15-26-12-5-11-23-26/h5,7-12,14,20H,3-4,6,13,15H2,1-2H3,(H,24,30)/t20-/m1/s1. The molecule has 1 aromatic carbocycles. The predicted octanol–water partition coefficient (Wildman–Crippen LogP) is 2.71. The lowest BCUT2D eigenvalue weighted by Crippen LogP contribution is -2.51. The van der Waals surface area contributed by atoms with Crippen molar-refractivity contribution in [1.82, 2.24) is 24.5 Å². The van der Waals surface area contributed by atoms with Gasteiger partial charge in [0.1, 0.15) is 12.6 Å². The normalized spacial score (nSPS) is 16.5. The van der Waals surface area contributed by atoms with Gasteiger partial charge < -0.3 is 10.2 Å². The quantitative estimate of drug-likeness (QED) is 0.706. The van der Waals surface area contributed by atoms with Crippen molar-refractivity contribution in [2.75, 3.05) is 11.9 Å². The summed E-state index contributed by atoms with van der Waals surface area (Å²) in [6, 6.07) is 10.9. The lowest BCUT2D eigenvalue weighted by Gasteiger charge is -2.34. The number of rotatable bonds is 5. The number of carbonyl (C=O) groups excluding carboxylic acids is 2. The van der Waals surface area contributed by atoms with Crippen LogP contribution in [0.3, 0.4) is 0 Å². The van der Waals surface area contributed by atoms with Crippen molar-refractivity contribution in [2.24, 2.45) is 0 Å². The third-order valence-electron chi connectivity index (χ3n) is 5.37. The van der Waals surface area contributed by atoms with Gasteiger partial charge in [-0.05, 0) is 69.5 Å². The first kappa shape index (κ1) is 19.9. The van der Waals surface area contributed by atoms with Crippen molar-refractivity contribution in [2.45, 2.75) is 45.7 Å². The van der Waals surface area contributed by atoms with E-state index in [1.165, 1.54) is 0 Å². The minimum Gasteiger partial charge on any atom is -0.329 e. The van der Waals surface area contributed by atoms with Gasteiger partial charge in [-0.1, -0.05) is 0 Å². The topological polar surface area (TPSA) is 85.0 Å². The van der Waals surface area contributed by atoms with Crippen molar-refractivity contribution in [3.63, 3.8) is 0 Å². The smallest absolute Gasteiger partial charge is 0.247 e. The summed E-state index contributed by atoms with van der Waals surface area (Å²) >= 11 is 0. The van der Waals surface area contributed by atoms with E-state index in [1.54, 1.807) is 28.0 Å². The largest absolute Gasteiger partial charge is 0.329 e. The van der Waals surface area contributed by atoms with Gasteiger partial charge >= 0.3 is 0 Å². The molecule has 1 N–H and O–H groups in total. The summed E-state index contributed by atoms with van der Waals surface area (Å²) in [4.78, 5) is 27.4. The van der Waals surface area contributed by atoms with Gasteiger partial charge in [0, 0.05) is 30.3 Å². The first-order valence-corrected chi connectivity index (χ1v) is 10.2. The molecule has 8 heteroatoms. The van der Waals surface area contributed by atoms with Gasteiger partial charge in [-0.3, -0.25) is 14.3 Å². The second-order valence-corrected chi connectivity index (χ2v) is 7.68. The van der Waals surface area contributed by atoms with E-state index in [0.717, 1.165) is 29.9 Å². The van der Waals surface area contributed by atoms with Crippen LogP contribution in [0.25, 0.3) is 5.69 Å². The molecule has 0 radical (unpaired) electrons. The zero-order valence-electron chi connectivity index (χ0n) is 17.3. The molecule has 2 aromatic heterocycles. The SMILES string of the molecule is Cc1cc(C)n(-c2ccc(NC(=O)[C@H]3CCCCN3C(=O)Cn3cccn3)cc2)n1. The number of nitrogens with zero attached hydrogens (tertiary/aromatic N) is 5. The highest BCUT2D eigenvalue weighted by molar-refractivity contribution is 5.97. The maximum atomic E-state index is 13.0. The van der Waals surface area contributed by atoms with Crippen LogP contribution in [-0.2, 0) is 16.1 Å². The summed E-state index contributed by atoms with van der Waals surface area (Å²) in [5.41, 5.74) is 3.66. The molecule has 156 valence electrons. The van der Waals surface area contributed by atoms with Crippen LogP contribution in [0.1, 0.15) is 30.7 Å². The van der Waals surface area contributed by atoms with E-state index in [-0.39, 0.29) is 18.4 Å². The van der Waals surface area contributed by atoms with Crippen LogP contribution in [0, 0.1) is 13.8 Å². The fraction of sp³-hybridized carbons (Fsp3) is 0.364. The Balaban J connectivity index is 1.43. The van der Waals surface area contributed by atoms with Crippen LogP contribution < -0.4 is 5.32 Å². The van der Waals surface area contributed by atoms with Crippen molar-refractivity contribution in [1.29, 1.82) is 0 Å². The molecule has 0 aliphatic carbocycles. The number of hydrogen-bond donors (Lipinski definition) is 1. The highest BCUT2D eigenvalue weighted by atomic mass is 16.2. The predicted molar refractivity (Wildman–Crippen MR) is 113 cm³/mol. The van der Waals surface area contributed by atoms with Crippen LogP contribution in [0.4, 0.5) is 5.69 Å². The summed E-state index contributed by atoms with van der Waals surface area (Å²) in [6.45, 7) is 4.71. The van der Waals surface area contributed by atoms with E-state index in [0.29, 0.717) is 18.7 Å². The van der Waals surface area contributed by atoms with Crippen molar-refractivity contribution in [3.05, 3.63) is 60.2 Å². The highest BCUT2D eigenvalue weighted by Gasteiger charge is 2.32. The summed E-state index contributed by atoms with van der Waals surface area (Å²) < 4.78 is 3.46. The van der Waals surface area contributed by atoms with E-state index in [9.17, 15) is 9.59 Å². The molecule has 3 aromatic rings. The minimum atomic E-state index is -0.461. The summed E-state index contributed by atoms with van der Waals surface area (Å²) in [5, 5.41) is 11.5. The Morgan fingerprint density at radius 3 is 2.63 bits per heavy atom. The van der Waals surface area contributed by atoms with Gasteiger partial charge in [0.25, 0.3) is 0 Å². The van der Waals surface area contributed by atoms with Crippen LogP contribution in [0.5, 0.6) is 0 Å². The zero-order chi connectivity index (χ0) is 21.1. The number of amides is 2. The molecule has 30 heavy (non-hydrogen) atoms. The number of benzene rings is 1. The van der Waals surface area contributed by atoms with Gasteiger partial charge in [-0.2, -0.15) is 10.2 Å². The van der Waals surface area contributed by atoms with Crippen LogP contribution >= 0.6 is 0 Å². The molecule has 1 aliphatic heterocycles. The van der Waals surface area contributed by atoms with E-state index < -0.39 is 6.04 Å². The maximum Gasteiger partial charge on any atom is 0.247 e. The van der Waals surface area contributed by atoms with Crippen LogP contribution in [0.15, 0.2) is 48.8 Å². The highest BCUT2D eigenvalue weighted by Crippen LogP contribution is 2.21. The molecule has 0 saturated carbocycles. The molecule has 1 fully saturated rings. The van der Waals surface area contributed by atoms with Gasteiger partial charge in [0.15, 0.2) is 0 Å². The lowest BCUT2D eigenvalue weighted by atomic mass is 10.0. The van der Waals surface area contributed by atoms with E-state index >= 15 is 0 Å². The van der Waals surface area contributed by atoms with Crippen molar-refractivity contribution < 1.29 is 9.59 Å². The first-order chi connectivity index (χ1) is 14.5. The molecule has 4 rings (SSSR count). The number of likely N-dealkylation sites (tertiary alicyclic amines) is 1. The van der Waals surface area contributed by atoms with Gasteiger partial charge in [0.2, 0.25) is 11.8 Å². The van der Waals surface area contributed by atoms with Crippen molar-refractivity contribution in [3.8, 4) is 5.69 Å². The average molecular weight is 406 g/mol. The molecule has 8 nitrogen and oxygen atoms in total. The second-order valence-electron chi connectivity index (χ2n) is 7.68. The number of carbonyl (C=O) groups is 2. The summed E-state index contributed by atoms with van der Waals surface area (Å²) in [6.07, 6.45) is 5.90. The molecule has 1 aliphatic rings. The Bertz CT molecular complexity index is 1020. The number of nitrogens with one attached hydrogen (secondary N) is 1. The van der Waals surface area contributed by atoms with Crippen molar-refractivity contribution >= 4 is 17.5 Å². The molecule has 3 heterocycles. The molecule has 0 bridgehead atoms. The van der Waals surface area contributed by atoms with Crippen LogP contribution in [-0.4, -0.2) is 48.9 Å². The third kappa shape index (κ3) is 4.27. The van der Waals surface area contributed by atoms with Gasteiger partial charge in [-0.25, -0.2) is 4.68 Å². The molecule has 0 unspecified atom stereocenters. The lowest BCUT2D eigenvalue weighted by molar-refractivity contribution is -0.141. The molecule has 0 spiro atoms. The van der Waals surface area contributed by atoms with E-state index in [1.807, 2.05) is 48.9 Å². The van der Waals surface area contributed by atoms with Gasteiger partial charge in [-0.15, -0.1) is 0 Å². The Hall–Kier alpha value is -3.42. The fourth-order valence-corrected chi connectivity index (χ4v) is 3.93. The Labute approximate surface area is 175 Å².